The second-order valence-electron chi connectivity index (χ2n) is 3.98. The van der Waals surface area contributed by atoms with E-state index in [0.717, 1.165) is 0 Å². The summed E-state index contributed by atoms with van der Waals surface area (Å²) < 4.78 is 0. The molecule has 11 nitrogen and oxygen atoms in total. The van der Waals surface area contributed by atoms with Crippen LogP contribution in [0.4, 0.5) is 0 Å². The molecule has 2 unspecified atom stereocenters. The average Bonchev–Trinajstić information content (AvgIpc) is 2.46. The fourth-order valence-corrected chi connectivity index (χ4v) is 1.18. The van der Waals surface area contributed by atoms with Gasteiger partial charge in [0.05, 0.1) is 23.6 Å². The molecule has 2 atom stereocenters. The molecule has 0 aliphatic carbocycles. The van der Waals surface area contributed by atoms with Gasteiger partial charge >= 0.3 is 17.4 Å². The minimum absolute atomic E-state index is 0. The van der Waals surface area contributed by atoms with Crippen molar-refractivity contribution in [1.29, 1.82) is 0 Å². The number of rotatable bonds is 6. The van der Waals surface area contributed by atoms with Gasteiger partial charge in [0.2, 0.25) is 0 Å². The summed E-state index contributed by atoms with van der Waals surface area (Å²) in [6.07, 6.45) is -3.12. The molecule has 0 saturated carbocycles. The minimum Gasteiger partial charge on any atom is -0.550 e. The van der Waals surface area contributed by atoms with E-state index < -0.39 is 42.0 Å². The van der Waals surface area contributed by atoms with Crippen molar-refractivity contribution >= 4 is 23.9 Å². The number of nitrogens with zero attached hydrogens (tertiary/aromatic N) is 1. The molecule has 0 radical (unpaired) electrons. The minimum atomic E-state index is -3.46. The molecular weight excluding hydrogens is 370 g/mol. The van der Waals surface area contributed by atoms with E-state index in [1.165, 1.54) is 12.3 Å². The molecule has 0 spiro atoms. The van der Waals surface area contributed by atoms with Gasteiger partial charge < -0.3 is 49.8 Å². The Balaban J connectivity index is 0. The van der Waals surface area contributed by atoms with Crippen LogP contribution in [0.15, 0.2) is 24.4 Å². The molecule has 24 heavy (non-hydrogen) atoms. The van der Waals surface area contributed by atoms with Crippen molar-refractivity contribution in [2.24, 2.45) is 0 Å². The summed E-state index contributed by atoms with van der Waals surface area (Å²) in [6.45, 7) is 0. The van der Waals surface area contributed by atoms with E-state index in [-0.39, 0.29) is 23.1 Å². The van der Waals surface area contributed by atoms with E-state index in [1.54, 1.807) is 12.1 Å². The van der Waals surface area contributed by atoms with Crippen LogP contribution in [0.3, 0.4) is 0 Å². The number of aromatic nitrogens is 1. The van der Waals surface area contributed by atoms with Gasteiger partial charge in [0.25, 0.3) is 0 Å². The van der Waals surface area contributed by atoms with Gasteiger partial charge in [-0.05, 0) is 12.1 Å². The van der Waals surface area contributed by atoms with Crippen molar-refractivity contribution in [3.8, 4) is 0 Å². The third-order valence-corrected chi connectivity index (χ3v) is 2.32. The number of aliphatic hydroxyl groups is 2. The van der Waals surface area contributed by atoms with Gasteiger partial charge in [-0.15, -0.1) is 0 Å². The molecule has 2 N–H and O–H groups in total. The first-order valence-electron chi connectivity index (χ1n) is 5.67. The molecule has 0 amide bonds. The van der Waals surface area contributed by atoms with Crippen molar-refractivity contribution in [2.45, 2.75) is 18.1 Å². The molecule has 12 heteroatoms. The van der Waals surface area contributed by atoms with Crippen LogP contribution in [0.5, 0.6) is 0 Å². The summed E-state index contributed by atoms with van der Waals surface area (Å²) in [5.41, 5.74) is -3.49. The summed E-state index contributed by atoms with van der Waals surface area (Å²) in [7, 11) is 0. The molecule has 1 aromatic heterocycles. The third kappa shape index (κ3) is 7.16. The smallest absolute Gasteiger partial charge is 0.550 e. The molecule has 1 rings (SSSR count). The summed E-state index contributed by atoms with van der Waals surface area (Å²) >= 11 is 0. The molecule has 0 fully saturated rings. The number of pyridine rings is 1. The number of carbonyl (C=O) groups excluding carboxylic acids is 4. The molecule has 0 saturated heterocycles. The van der Waals surface area contributed by atoms with Crippen LogP contribution in [0.25, 0.3) is 0 Å². The fraction of sp³-hybridized carbons (Fsp3) is 0.250. The number of carboxylic acid groups (broad SMARTS) is 4. The largest absolute Gasteiger partial charge is 4.00 e. The Bertz CT molecular complexity index is 593. The Morgan fingerprint density at radius 3 is 1.92 bits per heavy atom. The van der Waals surface area contributed by atoms with Crippen LogP contribution in [-0.4, -0.2) is 50.8 Å². The van der Waals surface area contributed by atoms with Gasteiger partial charge in [-0.3, -0.25) is 4.98 Å². The van der Waals surface area contributed by atoms with Crippen molar-refractivity contribution < 1.29 is 67.2 Å². The maximum atomic E-state index is 10.2. The van der Waals surface area contributed by atoms with Crippen LogP contribution in [-0.2, 0) is 31.7 Å². The van der Waals surface area contributed by atoms with Crippen LogP contribution >= 0.6 is 0 Å². The predicted molar refractivity (Wildman–Crippen MR) is 59.2 cm³/mol. The van der Waals surface area contributed by atoms with E-state index in [2.05, 4.69) is 4.98 Å². The van der Waals surface area contributed by atoms with E-state index in [9.17, 15) is 39.6 Å². The van der Waals surface area contributed by atoms with Crippen molar-refractivity contribution in [2.75, 3.05) is 0 Å². The summed E-state index contributed by atoms with van der Waals surface area (Å²) in [5.74, 6) is -8.08. The van der Waals surface area contributed by atoms with Crippen LogP contribution in [0.1, 0.15) is 16.9 Å². The van der Waals surface area contributed by atoms with Gasteiger partial charge in [-0.1, -0.05) is 6.07 Å². The zero-order chi connectivity index (χ0) is 18.2. The first-order valence-corrected chi connectivity index (χ1v) is 5.67. The fourth-order valence-electron chi connectivity index (χ4n) is 1.18. The Hall–Kier alpha value is -2.52. The van der Waals surface area contributed by atoms with Crippen molar-refractivity contribution in [3.05, 3.63) is 30.1 Å². The second-order valence-corrected chi connectivity index (χ2v) is 3.98. The zero-order valence-electron chi connectivity index (χ0n) is 11.6. The Labute approximate surface area is 144 Å². The first kappa shape index (κ1) is 23.7. The summed E-state index contributed by atoms with van der Waals surface area (Å²) in [6, 6.07) is 4.62. The van der Waals surface area contributed by atoms with Crippen LogP contribution < -0.4 is 20.4 Å². The first-order chi connectivity index (χ1) is 10.5. The number of aliphatic hydroxyl groups excluding tert-OH is 1. The SMILES string of the molecule is O=C([O-])CC(O)(C(=O)[O-])C(O)C(=O)[O-].O=C([O-])c1ccccn1.[Cr+4]. The van der Waals surface area contributed by atoms with Crippen LogP contribution in [0.2, 0.25) is 0 Å². The van der Waals surface area contributed by atoms with Gasteiger partial charge in [0, 0.05) is 18.6 Å². The van der Waals surface area contributed by atoms with Crippen molar-refractivity contribution in [1.82, 2.24) is 4.98 Å². The van der Waals surface area contributed by atoms with E-state index in [0.29, 0.717) is 0 Å². The zero-order valence-corrected chi connectivity index (χ0v) is 12.9. The monoisotopic (exact) mass is 379 g/mol. The number of hydrogen-bond acceptors (Lipinski definition) is 11. The van der Waals surface area contributed by atoms with Gasteiger partial charge in [-0.2, -0.15) is 0 Å². The maximum Gasteiger partial charge on any atom is 4.00 e. The van der Waals surface area contributed by atoms with Gasteiger partial charge in [0.1, 0.15) is 11.7 Å². The quantitative estimate of drug-likeness (QED) is 0.473. The van der Waals surface area contributed by atoms with Gasteiger partial charge in [0.15, 0.2) is 0 Å². The standard InChI is InChI=1S/C6H5NO2.C6H8O8.Cr/c8-6(9)5-3-1-2-4-7-5;7-2(8)1-6(14,5(12)13)3(9)4(10)11;/h1-4H,(H,8,9);3,9,14H,1H2,(H,7,8)(H,10,11)(H,12,13);/q;;+4/p-4. The molecule has 128 valence electrons. The predicted octanol–water partition coefficient (Wildman–Crippen LogP) is -6.84. The van der Waals surface area contributed by atoms with E-state index >= 15 is 0 Å². The Morgan fingerprint density at radius 1 is 1.12 bits per heavy atom. The normalized spacial score (nSPS) is 13.1. The molecule has 1 heterocycles. The topological polar surface area (TPSA) is 214 Å². The van der Waals surface area contributed by atoms with E-state index in [1.807, 2.05) is 0 Å². The number of aliphatic carboxylic acids is 3. The maximum absolute atomic E-state index is 10.2. The third-order valence-electron chi connectivity index (χ3n) is 2.32. The summed E-state index contributed by atoms with van der Waals surface area (Å²) in [4.78, 5) is 43.7. The van der Waals surface area contributed by atoms with Crippen LogP contribution in [0, 0.1) is 0 Å². The Kier molecular flexibility index (Phi) is 10.2. The number of carboxylic acids is 4. The molecule has 1 aromatic rings. The molecule has 0 aliphatic heterocycles. The number of carbonyl (C=O) groups is 4. The van der Waals surface area contributed by atoms with Crippen molar-refractivity contribution in [3.63, 3.8) is 0 Å². The molecular formula is C12H9CrNO10. The molecule has 0 aliphatic rings. The van der Waals surface area contributed by atoms with E-state index in [4.69, 9.17) is 10.2 Å². The average molecular weight is 379 g/mol. The number of aromatic carboxylic acids is 1. The van der Waals surface area contributed by atoms with Gasteiger partial charge in [-0.25, -0.2) is 0 Å². The Morgan fingerprint density at radius 2 is 1.67 bits per heavy atom. The second kappa shape index (κ2) is 10.3. The summed E-state index contributed by atoms with van der Waals surface area (Å²) in [5, 5.41) is 57.8. The molecule has 0 aromatic carbocycles. The molecule has 0 bridgehead atoms. The number of hydrogen-bond donors (Lipinski definition) is 2.